The Morgan fingerprint density at radius 2 is 1.45 bits per heavy atom. The molecule has 0 radical (unpaired) electrons. The highest BCUT2D eigenvalue weighted by atomic mass is 15.0. The van der Waals surface area contributed by atoms with Gasteiger partial charge in [0, 0.05) is 16.5 Å². The van der Waals surface area contributed by atoms with Crippen molar-refractivity contribution in [2.45, 2.75) is 6.92 Å². The summed E-state index contributed by atoms with van der Waals surface area (Å²) in [4.78, 5) is 0. The first-order valence-corrected chi connectivity index (χ1v) is 5.92. The van der Waals surface area contributed by atoms with E-state index in [-0.39, 0.29) is 45.5 Å². The van der Waals surface area contributed by atoms with Gasteiger partial charge in [-0.25, -0.2) is 0 Å². The molecule has 0 bridgehead atoms. The number of rotatable bonds is 1. The number of hydrogen-bond acceptors (Lipinski definition) is 0. The molecule has 4 rings (SSSR count). The van der Waals surface area contributed by atoms with Crippen LogP contribution >= 0.6 is 0 Å². The van der Waals surface area contributed by atoms with Gasteiger partial charge in [0.05, 0.1) is 27.5 Å². The van der Waals surface area contributed by atoms with Crippen LogP contribution in [0.2, 0.25) is 0 Å². The van der Waals surface area contributed by atoms with Crippen LogP contribution in [0.3, 0.4) is 0 Å². The molecule has 0 spiro atoms. The van der Waals surface area contributed by atoms with Crippen molar-refractivity contribution in [3.8, 4) is 5.69 Å². The van der Waals surface area contributed by atoms with Crippen molar-refractivity contribution < 1.29 is 16.4 Å². The van der Waals surface area contributed by atoms with Gasteiger partial charge >= 0.3 is 0 Å². The van der Waals surface area contributed by atoms with Crippen LogP contribution in [0.5, 0.6) is 0 Å². The third-order valence-corrected chi connectivity index (χ3v) is 2.99. The van der Waals surface area contributed by atoms with Crippen LogP contribution in [0.4, 0.5) is 0 Å². The van der Waals surface area contributed by atoms with Gasteiger partial charge in [-0.1, -0.05) is 48.3 Å². The molecular formula is C19H15N. The van der Waals surface area contributed by atoms with Crippen molar-refractivity contribution in [3.05, 3.63) is 78.1 Å². The lowest BCUT2D eigenvalue weighted by molar-refractivity contribution is 1.18. The second-order valence-corrected chi connectivity index (χ2v) is 4.26. The highest BCUT2D eigenvalue weighted by Gasteiger charge is 2.11. The lowest BCUT2D eigenvalue weighted by atomic mass is 10.1. The maximum Gasteiger partial charge on any atom is 0.0648 e. The number of para-hydroxylation sites is 2. The van der Waals surface area contributed by atoms with E-state index in [9.17, 15) is 0 Å². The Morgan fingerprint density at radius 1 is 0.750 bits per heavy atom. The topological polar surface area (TPSA) is 4.93 Å². The summed E-state index contributed by atoms with van der Waals surface area (Å²) in [5.41, 5.74) is -0.652. The summed E-state index contributed by atoms with van der Waals surface area (Å²) in [6.07, 6.45) is 0. The molecule has 0 N–H and O–H groups in total. The molecule has 0 atom stereocenters. The average Bonchev–Trinajstić information content (AvgIpc) is 3.12. The van der Waals surface area contributed by atoms with Gasteiger partial charge in [-0.3, -0.25) is 0 Å². The predicted octanol–water partition coefficient (Wildman–Crippen LogP) is 5.09. The third kappa shape index (κ3) is 1.56. The molecule has 96 valence electrons. The number of benzene rings is 3. The fraction of sp³-hybridized carbons (Fsp3) is 0.0526. The first kappa shape index (κ1) is 4.49. The zero-order valence-electron chi connectivity index (χ0n) is 22.4. The molecule has 3 aromatic carbocycles. The van der Waals surface area contributed by atoms with Crippen LogP contribution in [-0.4, -0.2) is 4.57 Å². The lowest BCUT2D eigenvalue weighted by Crippen LogP contribution is -1.92. The smallest absolute Gasteiger partial charge is 0.0648 e. The Hall–Kier alpha value is -2.54. The lowest BCUT2D eigenvalue weighted by Gasteiger charge is -2.07. The highest BCUT2D eigenvalue weighted by Crippen LogP contribution is 2.32. The molecule has 0 saturated heterocycles. The van der Waals surface area contributed by atoms with Gasteiger partial charge in [0.15, 0.2) is 0 Å². The summed E-state index contributed by atoms with van der Waals surface area (Å²) in [5, 5.41) is -0.260. The van der Waals surface area contributed by atoms with Crippen molar-refractivity contribution in [2.75, 3.05) is 0 Å². The van der Waals surface area contributed by atoms with Crippen LogP contribution in [0, 0.1) is 6.92 Å². The Labute approximate surface area is 134 Å². The van der Waals surface area contributed by atoms with E-state index in [1.807, 2.05) is 0 Å². The van der Waals surface area contributed by atoms with Crippen LogP contribution in [0.15, 0.2) is 72.5 Å². The maximum atomic E-state index is 8.59. The van der Waals surface area contributed by atoms with Crippen molar-refractivity contribution in [1.82, 2.24) is 4.57 Å². The standard InChI is InChI=1S/C19H15N/c1-14-11-12-17-16-9-5-6-10-18(16)20(19(17)13-14)15-7-3-2-4-8-15/h2-13H,1H3/i2D,3D,4D,5D,6D,7D,8D,9D,10D,11D,12D,13D. The molecule has 0 unspecified atom stereocenters. The van der Waals surface area contributed by atoms with E-state index in [1.54, 1.807) is 0 Å². The monoisotopic (exact) mass is 269 g/mol. The van der Waals surface area contributed by atoms with E-state index < -0.39 is 60.1 Å². The first-order chi connectivity index (χ1) is 14.8. The van der Waals surface area contributed by atoms with E-state index in [0.29, 0.717) is 0 Å². The van der Waals surface area contributed by atoms with Crippen LogP contribution < -0.4 is 0 Å². The van der Waals surface area contributed by atoms with E-state index in [2.05, 4.69) is 0 Å². The van der Waals surface area contributed by atoms with Gasteiger partial charge in [0.25, 0.3) is 0 Å². The quantitative estimate of drug-likeness (QED) is 0.453. The predicted molar refractivity (Wildman–Crippen MR) is 85.5 cm³/mol. The highest BCUT2D eigenvalue weighted by molar-refractivity contribution is 6.09. The summed E-state index contributed by atoms with van der Waals surface area (Å²) in [5.74, 6) is 0. The largest absolute Gasteiger partial charge is 0.309 e. The molecule has 1 heteroatoms. The summed E-state index contributed by atoms with van der Waals surface area (Å²) in [7, 11) is 0. The van der Waals surface area contributed by atoms with E-state index in [1.165, 1.54) is 6.92 Å². The third-order valence-electron chi connectivity index (χ3n) is 2.99. The maximum absolute atomic E-state index is 8.59. The van der Waals surface area contributed by atoms with Crippen molar-refractivity contribution >= 4 is 21.8 Å². The molecule has 0 amide bonds. The second kappa shape index (κ2) is 4.24. The van der Waals surface area contributed by atoms with Gasteiger partial charge in [0.2, 0.25) is 0 Å². The van der Waals surface area contributed by atoms with Gasteiger partial charge in [-0.05, 0) is 36.7 Å². The van der Waals surface area contributed by atoms with Gasteiger partial charge in [0.1, 0.15) is 0 Å². The minimum atomic E-state index is -0.650. The summed E-state index contributed by atoms with van der Waals surface area (Å²) in [6, 6.07) is -6.39. The second-order valence-electron chi connectivity index (χ2n) is 4.26. The molecule has 0 aliphatic rings. The Kier molecular flexibility index (Phi) is 0.952. The molecule has 1 nitrogen and oxygen atoms in total. The van der Waals surface area contributed by atoms with Crippen molar-refractivity contribution in [1.29, 1.82) is 0 Å². The van der Waals surface area contributed by atoms with Crippen molar-refractivity contribution in [2.24, 2.45) is 0 Å². The van der Waals surface area contributed by atoms with Crippen molar-refractivity contribution in [3.63, 3.8) is 0 Å². The minimum absolute atomic E-state index is 0.0918. The van der Waals surface area contributed by atoms with Crippen LogP contribution in [0.1, 0.15) is 22.0 Å². The molecule has 0 fully saturated rings. The van der Waals surface area contributed by atoms with Crippen LogP contribution in [-0.2, 0) is 0 Å². The normalized spacial score (nSPS) is 19.6. The molecule has 0 aliphatic heterocycles. The number of fused-ring (bicyclic) bond motifs is 3. The molecule has 0 saturated carbocycles. The summed E-state index contributed by atoms with van der Waals surface area (Å²) in [6.45, 7) is 1.43. The van der Waals surface area contributed by atoms with E-state index in [0.717, 1.165) is 4.57 Å². The minimum Gasteiger partial charge on any atom is -0.309 e. The number of nitrogens with zero attached hydrogens (tertiary/aromatic N) is 1. The molecule has 4 aromatic rings. The Balaban J connectivity index is 2.50. The number of hydrogen-bond donors (Lipinski definition) is 0. The van der Waals surface area contributed by atoms with Crippen LogP contribution in [0.25, 0.3) is 27.5 Å². The summed E-state index contributed by atoms with van der Waals surface area (Å²) >= 11 is 0. The average molecular weight is 269 g/mol. The molecule has 20 heavy (non-hydrogen) atoms. The molecular weight excluding hydrogens is 242 g/mol. The van der Waals surface area contributed by atoms with E-state index in [4.69, 9.17) is 16.4 Å². The van der Waals surface area contributed by atoms with Gasteiger partial charge in [-0.15, -0.1) is 0 Å². The SMILES string of the molecule is [2H]c1c([2H])c([2H])c(-n2c3c([2H])c([2H])c([2H])c([2H])c3c3c([2H])c([2H])c(C)c([2H])c32)c([2H])c1[2H]. The number of aromatic nitrogens is 1. The van der Waals surface area contributed by atoms with Gasteiger partial charge < -0.3 is 4.57 Å². The zero-order chi connectivity index (χ0) is 24.0. The zero-order valence-corrected chi connectivity index (χ0v) is 10.4. The van der Waals surface area contributed by atoms with E-state index >= 15 is 0 Å². The molecule has 0 aliphatic carbocycles. The first-order valence-electron chi connectivity index (χ1n) is 11.9. The molecule has 1 heterocycles. The Bertz CT molecular complexity index is 1400. The summed E-state index contributed by atoms with van der Waals surface area (Å²) < 4.78 is 99.9. The fourth-order valence-electron chi connectivity index (χ4n) is 2.18. The molecule has 1 aromatic heterocycles. The Morgan fingerprint density at radius 3 is 2.30 bits per heavy atom. The fourth-order valence-corrected chi connectivity index (χ4v) is 2.18. The van der Waals surface area contributed by atoms with Gasteiger partial charge in [-0.2, -0.15) is 0 Å².